The molecule has 6 heteroatoms. The summed E-state index contributed by atoms with van der Waals surface area (Å²) in [7, 11) is 0. The van der Waals surface area contributed by atoms with Gasteiger partial charge in [0.2, 0.25) is 5.91 Å². The molecule has 0 aromatic rings. The third-order valence-corrected chi connectivity index (χ3v) is 2.56. The molecule has 0 unspecified atom stereocenters. The van der Waals surface area contributed by atoms with Crippen molar-refractivity contribution in [3.63, 3.8) is 0 Å². The summed E-state index contributed by atoms with van der Waals surface area (Å²) in [5.41, 5.74) is 2.69. The Bertz CT molecular complexity index is 316. The van der Waals surface area contributed by atoms with Gasteiger partial charge in [0.25, 0.3) is 5.91 Å². The molecule has 0 fully saturated rings. The van der Waals surface area contributed by atoms with Crippen LogP contribution >= 0.6 is 0 Å². The molecule has 0 atom stereocenters. The van der Waals surface area contributed by atoms with Gasteiger partial charge in [-0.2, -0.15) is 5.10 Å². The largest absolute Gasteiger partial charge is 0.381 e. The van der Waals surface area contributed by atoms with E-state index in [-0.39, 0.29) is 11.8 Å². The number of carbonyl (C=O) groups excluding carboxylic acids is 2. The summed E-state index contributed by atoms with van der Waals surface area (Å²) >= 11 is 0. The fraction of sp³-hybridized carbons (Fsp3) is 0.750. The number of unbranched alkanes of at least 4 members (excludes halogenated alkanes) is 1. The van der Waals surface area contributed by atoms with Crippen molar-refractivity contribution in [1.82, 2.24) is 10.7 Å². The molecule has 0 spiro atoms. The predicted octanol–water partition coefficient (Wildman–Crippen LogP) is 0.575. The van der Waals surface area contributed by atoms with Gasteiger partial charge in [-0.15, -0.1) is 0 Å². The Labute approximate surface area is 107 Å². The van der Waals surface area contributed by atoms with E-state index in [2.05, 4.69) is 22.8 Å². The zero-order chi connectivity index (χ0) is 13.2. The molecule has 0 saturated heterocycles. The number of hydrogen-bond donors (Lipinski definition) is 2. The SMILES string of the molecule is CCCCOCCCNC(=O)C1=NNC(=O)CC1. The van der Waals surface area contributed by atoms with E-state index >= 15 is 0 Å². The number of rotatable bonds is 8. The standard InChI is InChI=1S/C12H21N3O3/c1-2-3-8-18-9-4-7-13-12(17)10-5-6-11(16)15-14-10/h2-9H2,1H3,(H,13,17)(H,15,16). The monoisotopic (exact) mass is 255 g/mol. The minimum absolute atomic E-state index is 0.143. The molecule has 18 heavy (non-hydrogen) atoms. The normalized spacial score (nSPS) is 14.9. The summed E-state index contributed by atoms with van der Waals surface area (Å²) < 4.78 is 5.38. The highest BCUT2D eigenvalue weighted by molar-refractivity contribution is 6.39. The number of ether oxygens (including phenoxy) is 1. The highest BCUT2D eigenvalue weighted by Gasteiger charge is 2.17. The first-order chi connectivity index (χ1) is 8.74. The Morgan fingerprint density at radius 3 is 2.83 bits per heavy atom. The van der Waals surface area contributed by atoms with Gasteiger partial charge >= 0.3 is 0 Å². The van der Waals surface area contributed by atoms with Crippen LogP contribution in [0.2, 0.25) is 0 Å². The Balaban J connectivity index is 2.05. The van der Waals surface area contributed by atoms with Crippen LogP contribution in [0.4, 0.5) is 0 Å². The molecule has 1 heterocycles. The summed E-state index contributed by atoms with van der Waals surface area (Å²) in [4.78, 5) is 22.5. The van der Waals surface area contributed by atoms with Crippen molar-refractivity contribution in [3.05, 3.63) is 0 Å². The molecule has 0 aromatic heterocycles. The zero-order valence-electron chi connectivity index (χ0n) is 10.8. The van der Waals surface area contributed by atoms with Gasteiger partial charge in [0.05, 0.1) is 0 Å². The molecular formula is C12H21N3O3. The van der Waals surface area contributed by atoms with E-state index < -0.39 is 0 Å². The lowest BCUT2D eigenvalue weighted by atomic mass is 10.1. The summed E-state index contributed by atoms with van der Waals surface area (Å²) in [5, 5.41) is 6.48. The third kappa shape index (κ3) is 5.77. The minimum Gasteiger partial charge on any atom is -0.381 e. The molecule has 1 rings (SSSR count). The van der Waals surface area contributed by atoms with Gasteiger partial charge in [-0.1, -0.05) is 13.3 Å². The number of hydrazone groups is 1. The van der Waals surface area contributed by atoms with Crippen LogP contribution in [0.5, 0.6) is 0 Å². The Kier molecular flexibility index (Phi) is 7.01. The van der Waals surface area contributed by atoms with Crippen molar-refractivity contribution < 1.29 is 14.3 Å². The highest BCUT2D eigenvalue weighted by atomic mass is 16.5. The van der Waals surface area contributed by atoms with E-state index in [1.807, 2.05) is 0 Å². The van der Waals surface area contributed by atoms with Gasteiger partial charge < -0.3 is 10.1 Å². The first kappa shape index (κ1) is 14.6. The van der Waals surface area contributed by atoms with Crippen molar-refractivity contribution in [2.75, 3.05) is 19.8 Å². The molecule has 1 aliphatic rings. The van der Waals surface area contributed by atoms with Gasteiger partial charge in [-0.25, -0.2) is 5.43 Å². The molecule has 1 aliphatic heterocycles. The Morgan fingerprint density at radius 1 is 1.39 bits per heavy atom. The van der Waals surface area contributed by atoms with Crippen LogP contribution in [0.3, 0.4) is 0 Å². The Hall–Kier alpha value is -1.43. The zero-order valence-corrected chi connectivity index (χ0v) is 10.8. The van der Waals surface area contributed by atoms with Crippen molar-refractivity contribution >= 4 is 17.5 Å². The smallest absolute Gasteiger partial charge is 0.267 e. The minimum atomic E-state index is -0.205. The molecular weight excluding hydrogens is 234 g/mol. The summed E-state index contributed by atoms with van der Waals surface area (Å²) in [5.74, 6) is -0.348. The van der Waals surface area contributed by atoms with Crippen molar-refractivity contribution in [2.24, 2.45) is 5.10 Å². The van der Waals surface area contributed by atoms with Gasteiger partial charge in [0, 0.05) is 32.6 Å². The van der Waals surface area contributed by atoms with Crippen molar-refractivity contribution in [3.8, 4) is 0 Å². The second-order valence-corrected chi connectivity index (χ2v) is 4.17. The second kappa shape index (κ2) is 8.63. The van der Waals surface area contributed by atoms with Crippen LogP contribution < -0.4 is 10.7 Å². The number of hydrogen-bond acceptors (Lipinski definition) is 4. The number of carbonyl (C=O) groups is 2. The van der Waals surface area contributed by atoms with Gasteiger partial charge in [-0.3, -0.25) is 9.59 Å². The quantitative estimate of drug-likeness (QED) is 0.622. The first-order valence-corrected chi connectivity index (χ1v) is 6.45. The van der Waals surface area contributed by atoms with E-state index in [4.69, 9.17) is 4.74 Å². The number of amides is 2. The van der Waals surface area contributed by atoms with E-state index in [0.29, 0.717) is 31.7 Å². The van der Waals surface area contributed by atoms with Crippen LogP contribution in [0, 0.1) is 0 Å². The van der Waals surface area contributed by atoms with Crippen LogP contribution in [-0.4, -0.2) is 37.3 Å². The Morgan fingerprint density at radius 2 is 2.17 bits per heavy atom. The van der Waals surface area contributed by atoms with Crippen molar-refractivity contribution in [2.45, 2.75) is 39.0 Å². The third-order valence-electron chi connectivity index (χ3n) is 2.56. The lowest BCUT2D eigenvalue weighted by Crippen LogP contribution is -2.37. The van der Waals surface area contributed by atoms with Gasteiger partial charge in [-0.05, 0) is 12.8 Å². The van der Waals surface area contributed by atoms with Gasteiger partial charge in [0.15, 0.2) is 0 Å². The van der Waals surface area contributed by atoms with E-state index in [1.54, 1.807) is 0 Å². The second-order valence-electron chi connectivity index (χ2n) is 4.17. The van der Waals surface area contributed by atoms with Crippen LogP contribution in [-0.2, 0) is 14.3 Å². The van der Waals surface area contributed by atoms with Crippen LogP contribution in [0.1, 0.15) is 39.0 Å². The number of nitrogens with zero attached hydrogens (tertiary/aromatic N) is 1. The molecule has 0 aliphatic carbocycles. The van der Waals surface area contributed by atoms with E-state index in [1.165, 1.54) is 0 Å². The highest BCUT2D eigenvalue weighted by Crippen LogP contribution is 1.99. The van der Waals surface area contributed by atoms with E-state index in [9.17, 15) is 9.59 Å². The van der Waals surface area contributed by atoms with Gasteiger partial charge in [0.1, 0.15) is 5.71 Å². The summed E-state index contributed by atoms with van der Waals surface area (Å²) in [6, 6.07) is 0. The molecule has 6 nitrogen and oxygen atoms in total. The fourth-order valence-electron chi connectivity index (χ4n) is 1.46. The fourth-order valence-corrected chi connectivity index (χ4v) is 1.46. The topological polar surface area (TPSA) is 79.8 Å². The predicted molar refractivity (Wildman–Crippen MR) is 68.2 cm³/mol. The number of nitrogens with one attached hydrogen (secondary N) is 2. The van der Waals surface area contributed by atoms with Crippen LogP contribution in [0.15, 0.2) is 5.10 Å². The lowest BCUT2D eigenvalue weighted by Gasteiger charge is -2.11. The molecule has 0 saturated carbocycles. The maximum Gasteiger partial charge on any atom is 0.267 e. The molecule has 0 radical (unpaired) electrons. The summed E-state index contributed by atoms with van der Waals surface area (Å²) in [6.07, 6.45) is 3.72. The maximum absolute atomic E-state index is 11.6. The maximum atomic E-state index is 11.6. The molecule has 0 bridgehead atoms. The average Bonchev–Trinajstić information content (AvgIpc) is 2.38. The lowest BCUT2D eigenvalue weighted by molar-refractivity contribution is -0.121. The molecule has 2 amide bonds. The molecule has 2 N–H and O–H groups in total. The molecule has 102 valence electrons. The first-order valence-electron chi connectivity index (χ1n) is 6.45. The van der Waals surface area contributed by atoms with E-state index in [0.717, 1.165) is 25.9 Å². The summed E-state index contributed by atoms with van der Waals surface area (Å²) in [6.45, 7) is 4.12. The average molecular weight is 255 g/mol. The van der Waals surface area contributed by atoms with Crippen molar-refractivity contribution in [1.29, 1.82) is 0 Å². The van der Waals surface area contributed by atoms with Crippen LogP contribution in [0.25, 0.3) is 0 Å². The molecule has 0 aromatic carbocycles.